The van der Waals surface area contributed by atoms with Gasteiger partial charge in [0, 0.05) is 94.9 Å². The Balaban J connectivity index is 0.693. The Morgan fingerprint density at radius 1 is 0.894 bits per heavy atom. The molecule has 348 valence electrons. The summed E-state index contributed by atoms with van der Waals surface area (Å²) in [6.45, 7) is 10.4. The predicted molar refractivity (Wildman–Crippen MR) is 258 cm³/mol. The highest BCUT2D eigenvalue weighted by atomic mass is 79.9. The van der Waals surface area contributed by atoms with E-state index in [1.165, 1.54) is 16.1 Å². The molecule has 0 radical (unpaired) electrons. The average molecular weight is 982 g/mol. The van der Waals surface area contributed by atoms with E-state index in [1.807, 2.05) is 24.3 Å². The molecule has 16 nitrogen and oxygen atoms in total. The second-order valence-corrected chi connectivity index (χ2v) is 21.5. The number of nitrogens with one attached hydrogen (secondary N) is 3. The van der Waals surface area contributed by atoms with Gasteiger partial charge < -0.3 is 30.1 Å². The Kier molecular flexibility index (Phi) is 12.2. The molecule has 6 aliphatic rings. The van der Waals surface area contributed by atoms with Crippen LogP contribution in [0.1, 0.15) is 77.1 Å². The normalized spacial score (nSPS) is 22.8. The molecule has 66 heavy (non-hydrogen) atoms. The van der Waals surface area contributed by atoms with E-state index in [-0.39, 0.29) is 24.1 Å². The number of imide groups is 1. The zero-order valence-corrected chi connectivity index (χ0v) is 40.1. The molecule has 0 bridgehead atoms. The Bertz CT molecular complexity index is 2680. The highest BCUT2D eigenvalue weighted by Crippen LogP contribution is 2.44. The molecule has 4 fully saturated rings. The number of para-hydroxylation sites is 1. The van der Waals surface area contributed by atoms with Gasteiger partial charge in [0.2, 0.25) is 27.8 Å². The Morgan fingerprint density at radius 2 is 1.68 bits per heavy atom. The lowest BCUT2D eigenvalue weighted by Crippen LogP contribution is -2.54. The number of benzene rings is 3. The summed E-state index contributed by atoms with van der Waals surface area (Å²) in [5.74, 6) is 1.99. The first-order valence-electron chi connectivity index (χ1n) is 23.1. The number of carbonyl (C=O) groups excluding carboxylic acids is 3. The van der Waals surface area contributed by atoms with Gasteiger partial charge in [0.25, 0.3) is 5.91 Å². The third-order valence-electron chi connectivity index (χ3n) is 14.6. The van der Waals surface area contributed by atoms with Gasteiger partial charge in [-0.3, -0.25) is 28.9 Å². The molecule has 10 rings (SSSR count). The Morgan fingerprint density at radius 3 is 2.42 bits per heavy atom. The van der Waals surface area contributed by atoms with Crippen LogP contribution in [0.15, 0.2) is 59.2 Å². The second-order valence-electron chi connectivity index (χ2n) is 18.8. The lowest BCUT2D eigenvalue weighted by atomic mass is 9.71. The predicted octanol–water partition coefficient (Wildman–Crippen LogP) is 5.91. The monoisotopic (exact) mass is 980 g/mol. The quantitative estimate of drug-likeness (QED) is 0.143. The lowest BCUT2D eigenvalue weighted by Gasteiger charge is -2.45. The van der Waals surface area contributed by atoms with Gasteiger partial charge in [-0.05, 0) is 114 Å². The number of anilines is 6. The van der Waals surface area contributed by atoms with Crippen molar-refractivity contribution in [1.82, 2.24) is 30.0 Å². The van der Waals surface area contributed by atoms with Crippen molar-refractivity contribution in [3.8, 4) is 5.75 Å². The minimum atomic E-state index is -3.44. The van der Waals surface area contributed by atoms with Crippen molar-refractivity contribution in [3.63, 3.8) is 0 Å². The number of rotatable bonds is 12. The molecule has 3 aromatic carbocycles. The number of nitrogens with zero attached hydrogens (tertiary/aromatic N) is 7. The summed E-state index contributed by atoms with van der Waals surface area (Å²) in [7, 11) is -1.77. The largest absolute Gasteiger partial charge is 0.494 e. The van der Waals surface area contributed by atoms with Gasteiger partial charge in [-0.2, -0.15) is 4.98 Å². The van der Waals surface area contributed by atoms with Crippen LogP contribution in [0.25, 0.3) is 0 Å². The van der Waals surface area contributed by atoms with Gasteiger partial charge in [-0.25, -0.2) is 13.4 Å². The zero-order chi connectivity index (χ0) is 45.9. The van der Waals surface area contributed by atoms with E-state index in [0.717, 1.165) is 99.6 Å². The Labute approximate surface area is 394 Å². The van der Waals surface area contributed by atoms with E-state index < -0.39 is 16.1 Å². The number of fused-ring (bicyclic) bond motifs is 2. The van der Waals surface area contributed by atoms with Crippen LogP contribution in [-0.2, 0) is 32.6 Å². The number of hydrogen-bond acceptors (Lipinski definition) is 13. The molecule has 5 aliphatic heterocycles. The number of halogens is 1. The maximum absolute atomic E-state index is 13.2. The van der Waals surface area contributed by atoms with Crippen LogP contribution in [0.2, 0.25) is 0 Å². The van der Waals surface area contributed by atoms with Crippen molar-refractivity contribution in [2.75, 3.05) is 85.6 Å². The van der Waals surface area contributed by atoms with E-state index in [2.05, 4.69) is 82.8 Å². The highest BCUT2D eigenvalue weighted by Gasteiger charge is 2.40. The summed E-state index contributed by atoms with van der Waals surface area (Å²) in [4.78, 5) is 56.1. The molecule has 18 heteroatoms. The molecular formula is C48H57BrN10O6S. The molecule has 1 saturated carbocycles. The molecular weight excluding hydrogens is 925 g/mol. The summed E-state index contributed by atoms with van der Waals surface area (Å²) >= 11 is 3.57. The number of hydrogen-bond donors (Lipinski definition) is 3. The number of amides is 3. The molecule has 1 aliphatic carbocycles. The molecule has 3 saturated heterocycles. The molecule has 3 amide bonds. The van der Waals surface area contributed by atoms with Crippen LogP contribution >= 0.6 is 15.9 Å². The number of aromatic nitrogens is 2. The first-order chi connectivity index (χ1) is 31.8. The molecule has 1 aromatic heterocycles. The summed E-state index contributed by atoms with van der Waals surface area (Å²) < 4.78 is 33.2. The van der Waals surface area contributed by atoms with Gasteiger partial charge in [0.15, 0.2) is 0 Å². The van der Waals surface area contributed by atoms with E-state index >= 15 is 0 Å². The fourth-order valence-corrected chi connectivity index (χ4v) is 12.3. The highest BCUT2D eigenvalue weighted by molar-refractivity contribution is 9.10. The number of carbonyl (C=O) groups is 3. The fourth-order valence-electron chi connectivity index (χ4n) is 11.1. The molecule has 3 N–H and O–H groups in total. The van der Waals surface area contributed by atoms with Gasteiger partial charge in [-0.15, -0.1) is 0 Å². The number of piperidine rings is 2. The minimum absolute atomic E-state index is 0.114. The van der Waals surface area contributed by atoms with Crippen molar-refractivity contribution >= 4 is 78.2 Å². The first kappa shape index (κ1) is 44.5. The van der Waals surface area contributed by atoms with E-state index in [9.17, 15) is 22.8 Å². The summed E-state index contributed by atoms with van der Waals surface area (Å²) in [6.07, 6.45) is 8.72. The third-order valence-corrected chi connectivity index (χ3v) is 16.4. The number of ether oxygens (including phenoxy) is 1. The van der Waals surface area contributed by atoms with E-state index in [4.69, 9.17) is 9.72 Å². The van der Waals surface area contributed by atoms with Crippen LogP contribution < -0.4 is 29.9 Å². The second kappa shape index (κ2) is 18.1. The molecule has 1 unspecified atom stereocenters. The SMILES string of the molecule is COc1cc(N2CCC(N3CCN(C[C@H]4C[C@H](c5ccc6c(c5)CN(C5CCC(=O)NC5=O)C6=O)C4)CC3)CC2)c(C)cc1Nc1ncc(Br)c(Nc2cccc3c2N(S(C)(=O)=O)CC3)n1. The molecule has 0 spiro atoms. The van der Waals surface area contributed by atoms with E-state index in [0.29, 0.717) is 82.7 Å². The third kappa shape index (κ3) is 8.84. The van der Waals surface area contributed by atoms with Crippen molar-refractivity contribution in [2.24, 2.45) is 5.92 Å². The first-order valence-corrected chi connectivity index (χ1v) is 25.8. The van der Waals surface area contributed by atoms with Gasteiger partial charge >= 0.3 is 0 Å². The van der Waals surface area contributed by atoms with Crippen molar-refractivity contribution in [1.29, 1.82) is 0 Å². The van der Waals surface area contributed by atoms with E-state index in [1.54, 1.807) is 18.2 Å². The van der Waals surface area contributed by atoms with Crippen molar-refractivity contribution in [2.45, 2.75) is 76.4 Å². The van der Waals surface area contributed by atoms with Crippen LogP contribution in [0.5, 0.6) is 5.75 Å². The van der Waals surface area contributed by atoms with Gasteiger partial charge in [0.1, 0.15) is 17.6 Å². The number of aryl methyl sites for hydroxylation is 1. The van der Waals surface area contributed by atoms with Gasteiger partial charge in [-0.1, -0.05) is 24.3 Å². The molecule has 4 aromatic rings. The van der Waals surface area contributed by atoms with Crippen molar-refractivity contribution < 1.29 is 27.5 Å². The lowest BCUT2D eigenvalue weighted by molar-refractivity contribution is -0.136. The minimum Gasteiger partial charge on any atom is -0.494 e. The van der Waals surface area contributed by atoms with Crippen molar-refractivity contribution in [3.05, 3.63) is 87.0 Å². The maximum Gasteiger partial charge on any atom is 0.255 e. The topological polar surface area (TPSA) is 173 Å². The van der Waals surface area contributed by atoms with Crippen LogP contribution in [0.3, 0.4) is 0 Å². The summed E-state index contributed by atoms with van der Waals surface area (Å²) in [5.41, 5.74) is 8.27. The smallest absolute Gasteiger partial charge is 0.255 e. The molecule has 6 heterocycles. The maximum atomic E-state index is 13.2. The molecule has 1 atom stereocenters. The summed E-state index contributed by atoms with van der Waals surface area (Å²) in [5, 5.41) is 9.10. The average Bonchev–Trinajstić information content (AvgIpc) is 3.88. The van der Waals surface area contributed by atoms with Crippen LogP contribution in [-0.4, -0.2) is 129 Å². The van der Waals surface area contributed by atoms with Crippen LogP contribution in [0.4, 0.5) is 34.5 Å². The zero-order valence-electron chi connectivity index (χ0n) is 37.7. The van der Waals surface area contributed by atoms with Gasteiger partial charge in [0.05, 0.1) is 34.9 Å². The number of methoxy groups -OCH3 is 1. The standard InChI is InChI=1S/C48H57BrN10O6S/c1-29-21-39(52-48-50-26-37(49)45(54-48)51-38-6-4-5-31-11-16-59(44(31)38)66(3,63)64)42(65-2)25-41(29)57-14-12-35(13-15-57)56-19-17-55(18-20-56)27-30-22-33(23-30)32-7-8-36-34(24-32)28-58(47(36)62)40-9-10-43(60)53-46(40)61/h4-8,21,24-26,30,33,35,40H,9-20,22-23,27-28H2,1-3H3,(H,53,60,61)(H2,50,51,52,54)/t30-,33-,40?. The number of sulfonamides is 1. The number of piperazine rings is 1. The van der Waals surface area contributed by atoms with Crippen LogP contribution in [0, 0.1) is 12.8 Å². The Hall–Kier alpha value is -5.30. The fraction of sp³-hybridized carbons (Fsp3) is 0.479. The summed E-state index contributed by atoms with van der Waals surface area (Å²) in [6, 6.07) is 16.1.